The molecule has 0 aliphatic heterocycles. The molecule has 0 atom stereocenters. The minimum Gasteiger partial charge on any atom is -0.403 e. The van der Waals surface area contributed by atoms with Crippen molar-refractivity contribution >= 4 is 21.5 Å². The van der Waals surface area contributed by atoms with Gasteiger partial charge in [-0.1, -0.05) is 12.1 Å². The van der Waals surface area contributed by atoms with E-state index >= 15 is 0 Å². The van der Waals surface area contributed by atoms with Gasteiger partial charge in [0.25, 0.3) is 0 Å². The van der Waals surface area contributed by atoms with Crippen LogP contribution < -0.4 is 4.52 Å². The van der Waals surface area contributed by atoms with Crippen LogP contribution in [0.1, 0.15) is 30.5 Å². The molecule has 0 amide bonds. The molecule has 0 N–H and O–H groups in total. The number of aryl methyl sites for hydroxylation is 1. The molecule has 0 heterocycles. The summed E-state index contributed by atoms with van der Waals surface area (Å²) >= 11 is 0. The van der Waals surface area contributed by atoms with E-state index in [-0.39, 0.29) is 13.2 Å². The van der Waals surface area contributed by atoms with Gasteiger partial charge < -0.3 is 13.6 Å². The van der Waals surface area contributed by atoms with Crippen LogP contribution >= 0.6 is 15.4 Å². The van der Waals surface area contributed by atoms with Crippen LogP contribution in [0.25, 0.3) is 6.08 Å². The summed E-state index contributed by atoms with van der Waals surface area (Å²) in [5.74, 6) is 1.68. The van der Waals surface area contributed by atoms with E-state index < -0.39 is 15.4 Å². The molecule has 0 aliphatic carbocycles. The fraction of sp³-hybridized carbons (Fsp3) is 0.500. The number of benzene rings is 1. The van der Waals surface area contributed by atoms with Gasteiger partial charge in [0, 0.05) is 25.6 Å². The average Bonchev–Trinajstić information content (AvgIpc) is 2.58. The molecule has 1 aromatic rings. The Labute approximate surface area is 149 Å². The number of rotatable bonds is 10. The van der Waals surface area contributed by atoms with Gasteiger partial charge >= 0.3 is 15.4 Å². The van der Waals surface area contributed by atoms with Gasteiger partial charge in [-0.05, 0) is 44.9 Å². The van der Waals surface area contributed by atoms with Gasteiger partial charge in [-0.15, -0.1) is 0 Å². The maximum absolute atomic E-state index is 12.6. The zero-order valence-corrected chi connectivity index (χ0v) is 17.3. The Hall–Kier alpha value is -0.940. The van der Waals surface area contributed by atoms with Crippen LogP contribution in [-0.2, 0) is 27.2 Å². The molecule has 0 fully saturated rings. The van der Waals surface area contributed by atoms with Crippen LogP contribution in [0.15, 0.2) is 17.9 Å². The predicted molar refractivity (Wildman–Crippen MR) is 98.1 cm³/mol. The third-order valence-corrected chi connectivity index (χ3v) is 6.46. The molecule has 0 radical (unpaired) electrons. The minimum absolute atomic E-state index is 0.250. The Kier molecular flexibility index (Phi) is 8.55. The highest BCUT2D eigenvalue weighted by Crippen LogP contribution is 2.52. The Morgan fingerprint density at radius 1 is 1.00 bits per heavy atom. The van der Waals surface area contributed by atoms with Gasteiger partial charge in [-0.2, -0.15) is 0 Å². The lowest BCUT2D eigenvalue weighted by Gasteiger charge is -2.19. The zero-order valence-electron chi connectivity index (χ0n) is 15.5. The minimum atomic E-state index is -3.73. The molecule has 1 aromatic carbocycles. The monoisotopic (exact) mass is 392 g/mol. The highest BCUT2D eigenvalue weighted by molar-refractivity contribution is 7.57. The lowest BCUT2D eigenvalue weighted by Crippen LogP contribution is -2.01. The maximum atomic E-state index is 12.6. The zero-order chi connectivity index (χ0) is 19.1. The molecule has 0 unspecified atom stereocenters. The van der Waals surface area contributed by atoms with E-state index in [1.165, 1.54) is 20.0 Å². The molecule has 0 bridgehead atoms. The fourth-order valence-corrected chi connectivity index (χ4v) is 4.05. The molecule has 25 heavy (non-hydrogen) atoms. The number of phosphoric acid groups is 1. The summed E-state index contributed by atoms with van der Waals surface area (Å²) in [6.07, 6.45) is 1.56. The summed E-state index contributed by atoms with van der Waals surface area (Å²) in [6, 6.07) is 3.63. The fourth-order valence-electron chi connectivity index (χ4n) is 1.98. The van der Waals surface area contributed by atoms with Crippen LogP contribution in [0.2, 0.25) is 0 Å². The van der Waals surface area contributed by atoms with Gasteiger partial charge in [0.1, 0.15) is 5.75 Å². The highest BCUT2D eigenvalue weighted by atomic mass is 31.2. The normalized spacial score (nSPS) is 12.7. The first-order valence-electron chi connectivity index (χ1n) is 7.83. The summed E-state index contributed by atoms with van der Waals surface area (Å²) < 4.78 is 50.6. The van der Waals surface area contributed by atoms with Gasteiger partial charge in [0.2, 0.25) is 0 Å². The second-order valence-electron chi connectivity index (χ2n) is 5.02. The topological polar surface area (TPSA) is 80.3 Å². The van der Waals surface area contributed by atoms with E-state index in [0.717, 1.165) is 11.1 Å². The van der Waals surface area contributed by atoms with Crippen molar-refractivity contribution in [2.24, 2.45) is 0 Å². The van der Waals surface area contributed by atoms with Crippen molar-refractivity contribution in [3.8, 4) is 5.75 Å². The van der Waals surface area contributed by atoms with E-state index in [1.807, 2.05) is 19.9 Å². The van der Waals surface area contributed by atoms with Crippen molar-refractivity contribution in [3.63, 3.8) is 0 Å². The highest BCUT2D eigenvalue weighted by Gasteiger charge is 2.27. The van der Waals surface area contributed by atoms with Crippen LogP contribution in [0.5, 0.6) is 5.75 Å². The molecule has 0 aromatic heterocycles. The lowest BCUT2D eigenvalue weighted by atomic mass is 10.0. The maximum Gasteiger partial charge on any atom is 0.529 e. The molecule has 0 spiro atoms. The molecule has 1 rings (SSSR count). The van der Waals surface area contributed by atoms with Crippen molar-refractivity contribution < 1.29 is 31.7 Å². The number of phosphoric ester groups is 1. The smallest absolute Gasteiger partial charge is 0.403 e. The molecule has 0 aliphatic rings. The number of hydrogen-bond donors (Lipinski definition) is 0. The van der Waals surface area contributed by atoms with E-state index in [0.29, 0.717) is 11.3 Å². The second kappa shape index (κ2) is 9.67. The molecule has 9 heteroatoms. The molecular weight excluding hydrogens is 366 g/mol. The van der Waals surface area contributed by atoms with Crippen molar-refractivity contribution in [2.75, 3.05) is 27.4 Å². The standard InChI is InChI=1S/C16H26O7P2/c1-7-21-24(17,22-8-2)12-11-15-10-9-13(3)14(4)16(15)23-25(18,19-5)20-6/h9-12H,7-8H2,1-6H3/b12-11+. The molecule has 7 nitrogen and oxygen atoms in total. The molecule has 142 valence electrons. The van der Waals surface area contributed by atoms with E-state index in [1.54, 1.807) is 26.0 Å². The van der Waals surface area contributed by atoms with E-state index in [4.69, 9.17) is 22.6 Å². The third kappa shape index (κ3) is 6.07. The SMILES string of the molecule is CCOP(=O)(/C=C/c1ccc(C)c(C)c1OP(=O)(OC)OC)OCC. The van der Waals surface area contributed by atoms with Crippen molar-refractivity contribution in [1.82, 2.24) is 0 Å². The first-order chi connectivity index (χ1) is 11.7. The van der Waals surface area contributed by atoms with Crippen LogP contribution in [0.3, 0.4) is 0 Å². The van der Waals surface area contributed by atoms with Crippen molar-refractivity contribution in [3.05, 3.63) is 34.6 Å². The Bertz CT molecular complexity index is 682. The van der Waals surface area contributed by atoms with Gasteiger partial charge in [0.05, 0.1) is 13.2 Å². The summed E-state index contributed by atoms with van der Waals surface area (Å²) in [5, 5.41) is 0. The molecular formula is C16H26O7P2. The average molecular weight is 392 g/mol. The number of hydrogen-bond acceptors (Lipinski definition) is 7. The first-order valence-corrected chi connectivity index (χ1v) is 10.9. The van der Waals surface area contributed by atoms with Crippen LogP contribution in [0, 0.1) is 13.8 Å². The van der Waals surface area contributed by atoms with Crippen molar-refractivity contribution in [1.29, 1.82) is 0 Å². The second-order valence-corrected chi connectivity index (χ2v) is 8.72. The summed E-state index contributed by atoms with van der Waals surface area (Å²) in [4.78, 5) is 0. The van der Waals surface area contributed by atoms with Crippen LogP contribution in [0.4, 0.5) is 0 Å². The quantitative estimate of drug-likeness (QED) is 0.499. The summed E-state index contributed by atoms with van der Waals surface area (Å²) in [6.45, 7) is 7.68. The lowest BCUT2D eigenvalue weighted by molar-refractivity contribution is 0.210. The Balaban J connectivity index is 3.32. The van der Waals surface area contributed by atoms with Gasteiger partial charge in [0.15, 0.2) is 0 Å². The Morgan fingerprint density at radius 3 is 2.04 bits per heavy atom. The first kappa shape index (κ1) is 22.1. The predicted octanol–water partition coefficient (Wildman–Crippen LogP) is 5.32. The van der Waals surface area contributed by atoms with E-state index in [2.05, 4.69) is 0 Å². The van der Waals surface area contributed by atoms with Gasteiger partial charge in [-0.3, -0.25) is 13.6 Å². The summed E-state index contributed by atoms with van der Waals surface area (Å²) in [5.41, 5.74) is 2.25. The van der Waals surface area contributed by atoms with Crippen molar-refractivity contribution in [2.45, 2.75) is 27.7 Å². The Morgan fingerprint density at radius 2 is 1.56 bits per heavy atom. The van der Waals surface area contributed by atoms with Gasteiger partial charge in [-0.25, -0.2) is 4.57 Å². The molecule has 0 saturated heterocycles. The largest absolute Gasteiger partial charge is 0.529 e. The van der Waals surface area contributed by atoms with Crippen LogP contribution in [-0.4, -0.2) is 27.4 Å². The third-order valence-electron chi connectivity index (χ3n) is 3.41. The molecule has 0 saturated carbocycles. The van der Waals surface area contributed by atoms with E-state index in [9.17, 15) is 9.13 Å². The summed E-state index contributed by atoms with van der Waals surface area (Å²) in [7, 11) is -4.62.